The molecule has 0 bridgehead atoms. The Bertz CT molecular complexity index is 458. The van der Waals surface area contributed by atoms with Crippen molar-refractivity contribution in [2.45, 2.75) is 32.4 Å². The summed E-state index contributed by atoms with van der Waals surface area (Å²) in [6, 6.07) is 3.58. The molecule has 1 atom stereocenters. The number of nitrogens with zero attached hydrogens (tertiary/aromatic N) is 1. The molecule has 1 aromatic heterocycles. The normalized spacial score (nSPS) is 14.3. The number of esters is 1. The van der Waals surface area contributed by atoms with E-state index < -0.39 is 21.7 Å². The lowest BCUT2D eigenvalue weighted by atomic mass is 10.3. The van der Waals surface area contributed by atoms with Crippen LogP contribution >= 0.6 is 11.3 Å². The van der Waals surface area contributed by atoms with Crippen LogP contribution in [-0.2, 0) is 20.5 Å². The van der Waals surface area contributed by atoms with Gasteiger partial charge < -0.3 is 4.74 Å². The highest BCUT2D eigenvalue weighted by Crippen LogP contribution is 2.17. The van der Waals surface area contributed by atoms with Crippen molar-refractivity contribution in [2.24, 2.45) is 4.40 Å². The molecule has 0 unspecified atom stereocenters. The highest BCUT2D eigenvalue weighted by atomic mass is 32.2. The smallest absolute Gasteiger partial charge is 0.359 e. The number of carbonyl (C=O) groups excluding carboxylic acids is 1. The number of thiophene rings is 1. The maximum absolute atomic E-state index is 12.0. The lowest BCUT2D eigenvalue weighted by molar-refractivity contribution is -0.134. The van der Waals surface area contributed by atoms with Crippen molar-refractivity contribution in [3.63, 3.8) is 0 Å². The molecule has 0 aliphatic carbocycles. The SMILES string of the molecule is CCOC(=O)/C(=N\[S@@](=O)C(C)(C)C)c1cccs1. The maximum Gasteiger partial charge on any atom is 0.359 e. The third-order valence-corrected chi connectivity index (χ3v) is 4.19. The Hall–Kier alpha value is -1.01. The minimum atomic E-state index is -1.48. The second kappa shape index (κ2) is 6.24. The van der Waals surface area contributed by atoms with Crippen LogP contribution in [0, 0.1) is 0 Å². The van der Waals surface area contributed by atoms with Gasteiger partial charge >= 0.3 is 5.97 Å². The van der Waals surface area contributed by atoms with E-state index in [1.807, 2.05) is 32.2 Å². The number of rotatable bonds is 4. The van der Waals surface area contributed by atoms with Crippen molar-refractivity contribution in [1.82, 2.24) is 0 Å². The number of hydrogen-bond donors (Lipinski definition) is 0. The van der Waals surface area contributed by atoms with E-state index in [2.05, 4.69) is 4.40 Å². The van der Waals surface area contributed by atoms with Crippen LogP contribution < -0.4 is 0 Å². The second-order valence-corrected chi connectivity index (χ2v) is 7.35. The fourth-order valence-corrected chi connectivity index (χ4v) is 2.39. The molecular weight excluding hydrogens is 270 g/mol. The standard InChI is InChI=1S/C12H17NO3S2/c1-5-16-11(14)10(9-7-6-8-17-9)13-18(15)12(2,3)4/h6-8H,5H2,1-4H3/b13-10-/t18-/m0/s1. The highest BCUT2D eigenvalue weighted by molar-refractivity contribution is 7.85. The van der Waals surface area contributed by atoms with Crippen molar-refractivity contribution in [2.75, 3.05) is 6.61 Å². The molecule has 0 amide bonds. The minimum Gasteiger partial charge on any atom is -0.461 e. The highest BCUT2D eigenvalue weighted by Gasteiger charge is 2.24. The summed E-state index contributed by atoms with van der Waals surface area (Å²) in [7, 11) is -1.48. The van der Waals surface area contributed by atoms with Gasteiger partial charge in [-0.2, -0.15) is 4.40 Å². The van der Waals surface area contributed by atoms with Crippen molar-refractivity contribution in [3.05, 3.63) is 22.4 Å². The fraction of sp³-hybridized carbons (Fsp3) is 0.500. The first-order chi connectivity index (χ1) is 8.36. The predicted octanol–water partition coefficient (Wildman–Crippen LogP) is 2.56. The largest absolute Gasteiger partial charge is 0.461 e. The van der Waals surface area contributed by atoms with Crippen LogP contribution in [0.1, 0.15) is 32.6 Å². The summed E-state index contributed by atoms with van der Waals surface area (Å²) in [6.45, 7) is 7.42. The third-order valence-electron chi connectivity index (χ3n) is 1.92. The van der Waals surface area contributed by atoms with E-state index in [4.69, 9.17) is 4.74 Å². The van der Waals surface area contributed by atoms with Gasteiger partial charge in [-0.25, -0.2) is 9.00 Å². The van der Waals surface area contributed by atoms with Gasteiger partial charge in [-0.3, -0.25) is 0 Å². The summed E-state index contributed by atoms with van der Waals surface area (Å²) >= 11 is 1.37. The monoisotopic (exact) mass is 287 g/mol. The zero-order chi connectivity index (χ0) is 13.8. The molecule has 1 aromatic rings. The number of hydrogen-bond acceptors (Lipinski definition) is 4. The van der Waals surface area contributed by atoms with Crippen LogP contribution in [0.25, 0.3) is 0 Å². The van der Waals surface area contributed by atoms with Gasteiger partial charge in [0.25, 0.3) is 0 Å². The molecule has 0 aliphatic heterocycles. The summed E-state index contributed by atoms with van der Waals surface area (Å²) in [5.74, 6) is -0.530. The molecule has 0 radical (unpaired) electrons. The minimum absolute atomic E-state index is 0.139. The topological polar surface area (TPSA) is 55.7 Å². The lowest BCUT2D eigenvalue weighted by Gasteiger charge is -2.14. The van der Waals surface area contributed by atoms with Crippen LogP contribution in [0.3, 0.4) is 0 Å². The van der Waals surface area contributed by atoms with E-state index in [0.29, 0.717) is 4.88 Å². The molecule has 1 heterocycles. The van der Waals surface area contributed by atoms with E-state index in [1.54, 1.807) is 13.0 Å². The van der Waals surface area contributed by atoms with E-state index in [-0.39, 0.29) is 12.3 Å². The van der Waals surface area contributed by atoms with Crippen molar-refractivity contribution in [1.29, 1.82) is 0 Å². The van der Waals surface area contributed by atoms with Gasteiger partial charge in [0, 0.05) is 0 Å². The Morgan fingerprint density at radius 2 is 2.17 bits per heavy atom. The average Bonchev–Trinajstić information content (AvgIpc) is 2.77. The van der Waals surface area contributed by atoms with E-state index in [1.165, 1.54) is 11.3 Å². The summed E-state index contributed by atoms with van der Waals surface area (Å²) in [5, 5.41) is 1.84. The molecule has 0 fully saturated rings. The zero-order valence-electron chi connectivity index (χ0n) is 10.9. The average molecular weight is 287 g/mol. The zero-order valence-corrected chi connectivity index (χ0v) is 12.6. The van der Waals surface area contributed by atoms with Crippen molar-refractivity contribution in [3.8, 4) is 0 Å². The van der Waals surface area contributed by atoms with Gasteiger partial charge in [-0.05, 0) is 39.1 Å². The van der Waals surface area contributed by atoms with Crippen LogP contribution in [0.2, 0.25) is 0 Å². The van der Waals surface area contributed by atoms with Gasteiger partial charge in [0.1, 0.15) is 11.0 Å². The van der Waals surface area contributed by atoms with E-state index in [9.17, 15) is 9.00 Å². The Balaban J connectivity index is 3.10. The third kappa shape index (κ3) is 4.03. The Kier molecular flexibility index (Phi) is 5.22. The summed E-state index contributed by atoms with van der Waals surface area (Å²) in [5.41, 5.74) is 0.139. The second-order valence-electron chi connectivity index (χ2n) is 4.50. The molecule has 1 rings (SSSR count). The van der Waals surface area contributed by atoms with Gasteiger partial charge in [-0.15, -0.1) is 11.3 Å². The number of ether oxygens (including phenoxy) is 1. The molecular formula is C12H17NO3S2. The van der Waals surface area contributed by atoms with Gasteiger partial charge in [-0.1, -0.05) is 6.07 Å². The van der Waals surface area contributed by atoms with E-state index >= 15 is 0 Å². The van der Waals surface area contributed by atoms with Gasteiger partial charge in [0.05, 0.1) is 16.2 Å². The first-order valence-corrected chi connectivity index (χ1v) is 7.56. The van der Waals surface area contributed by atoms with Crippen molar-refractivity contribution < 1.29 is 13.7 Å². The fourth-order valence-electron chi connectivity index (χ4n) is 1.02. The molecule has 0 aromatic carbocycles. The molecule has 0 aliphatic rings. The molecule has 4 nitrogen and oxygen atoms in total. The Labute approximate surface area is 114 Å². The van der Waals surface area contributed by atoms with Crippen LogP contribution in [0.5, 0.6) is 0 Å². The quantitative estimate of drug-likeness (QED) is 0.631. The van der Waals surface area contributed by atoms with Gasteiger partial charge in [0.15, 0.2) is 5.71 Å². The first-order valence-electron chi connectivity index (χ1n) is 5.58. The summed E-state index contributed by atoms with van der Waals surface area (Å²) in [6.07, 6.45) is 0. The molecule has 0 spiro atoms. The Morgan fingerprint density at radius 1 is 1.50 bits per heavy atom. The Morgan fingerprint density at radius 3 is 2.61 bits per heavy atom. The summed E-state index contributed by atoms with van der Waals surface area (Å²) < 4.78 is 20.5. The van der Waals surface area contributed by atoms with Crippen LogP contribution in [-0.4, -0.2) is 27.2 Å². The molecule has 0 N–H and O–H groups in total. The molecule has 18 heavy (non-hydrogen) atoms. The van der Waals surface area contributed by atoms with Crippen LogP contribution in [0.15, 0.2) is 21.9 Å². The van der Waals surface area contributed by atoms with Crippen molar-refractivity contribution >= 4 is 34.0 Å². The lowest BCUT2D eigenvalue weighted by Crippen LogP contribution is -2.24. The molecule has 0 saturated carbocycles. The maximum atomic E-state index is 12.0. The van der Waals surface area contributed by atoms with Crippen LogP contribution in [0.4, 0.5) is 0 Å². The molecule has 100 valence electrons. The molecule has 6 heteroatoms. The van der Waals surface area contributed by atoms with Gasteiger partial charge in [0.2, 0.25) is 0 Å². The first kappa shape index (κ1) is 15.0. The summed E-state index contributed by atoms with van der Waals surface area (Å²) in [4.78, 5) is 12.5. The number of carbonyl (C=O) groups is 1. The van der Waals surface area contributed by atoms with E-state index in [0.717, 1.165) is 0 Å². The molecule has 0 saturated heterocycles. The predicted molar refractivity (Wildman–Crippen MR) is 75.4 cm³/mol.